The fourth-order valence-electron chi connectivity index (χ4n) is 4.26. The Labute approximate surface area is 123 Å². The third-order valence-corrected chi connectivity index (χ3v) is 5.13. The molecule has 116 valence electrons. The molecule has 0 N–H and O–H groups in total. The average molecular weight is 269 g/mol. The Hall–Kier alpha value is 0. The van der Waals surface area contributed by atoms with Crippen LogP contribution in [0, 0.1) is 41.4 Å². The van der Waals surface area contributed by atoms with Gasteiger partial charge in [0.15, 0.2) is 0 Å². The van der Waals surface area contributed by atoms with E-state index in [1.807, 2.05) is 0 Å². The maximum absolute atomic E-state index is 2.47. The van der Waals surface area contributed by atoms with E-state index in [9.17, 15) is 0 Å². The van der Waals surface area contributed by atoms with Gasteiger partial charge in [-0.3, -0.25) is 0 Å². The zero-order valence-electron chi connectivity index (χ0n) is 15.2. The minimum atomic E-state index is 0.809. The first-order valence-corrected chi connectivity index (χ1v) is 8.76. The first-order valence-electron chi connectivity index (χ1n) is 8.76. The van der Waals surface area contributed by atoms with Crippen molar-refractivity contribution in [2.75, 3.05) is 0 Å². The molecule has 4 atom stereocenters. The Morgan fingerprint density at radius 1 is 0.632 bits per heavy atom. The van der Waals surface area contributed by atoms with Gasteiger partial charge in [-0.05, 0) is 47.8 Å². The van der Waals surface area contributed by atoms with Crippen LogP contribution in [0.1, 0.15) is 81.6 Å². The Kier molecular flexibility index (Phi) is 9.03. The van der Waals surface area contributed by atoms with Gasteiger partial charge in [0.1, 0.15) is 0 Å². The number of rotatable bonds is 9. The summed E-state index contributed by atoms with van der Waals surface area (Å²) in [6.45, 7) is 21.8. The summed E-state index contributed by atoms with van der Waals surface area (Å²) in [4.78, 5) is 0. The van der Waals surface area contributed by atoms with E-state index in [-0.39, 0.29) is 0 Å². The molecule has 0 rings (SSSR count). The highest BCUT2D eigenvalue weighted by atomic mass is 14.4. The lowest BCUT2D eigenvalue weighted by Crippen LogP contribution is -2.35. The lowest BCUT2D eigenvalue weighted by molar-refractivity contribution is 0.0664. The van der Waals surface area contributed by atoms with Gasteiger partial charge >= 0.3 is 0 Å². The molecule has 0 nitrogen and oxygen atoms in total. The molecule has 0 amide bonds. The Bertz CT molecular complexity index is 214. The normalized spacial score (nSPS) is 18.9. The van der Waals surface area contributed by atoms with Crippen LogP contribution in [0.25, 0.3) is 0 Å². The average Bonchev–Trinajstić information content (AvgIpc) is 2.31. The standard InChI is InChI=1S/C19H40/c1-10-16(9)18(14(5)6)19(15(7)8)17(11-2)12-13(3)4/h13-19H,10-12H2,1-9H3. The first kappa shape index (κ1) is 19.0. The van der Waals surface area contributed by atoms with Gasteiger partial charge in [-0.15, -0.1) is 0 Å². The van der Waals surface area contributed by atoms with Gasteiger partial charge in [0.05, 0.1) is 0 Å². The van der Waals surface area contributed by atoms with Gasteiger partial charge in [0.25, 0.3) is 0 Å². The largest absolute Gasteiger partial charge is 0.0651 e. The maximum atomic E-state index is 2.47. The highest BCUT2D eigenvalue weighted by Crippen LogP contribution is 2.42. The van der Waals surface area contributed by atoms with Crippen molar-refractivity contribution in [3.05, 3.63) is 0 Å². The van der Waals surface area contributed by atoms with Crippen LogP contribution >= 0.6 is 0 Å². The molecule has 0 spiro atoms. The first-order chi connectivity index (χ1) is 8.76. The summed E-state index contributed by atoms with van der Waals surface area (Å²) < 4.78 is 0. The van der Waals surface area contributed by atoms with Crippen LogP contribution in [0.4, 0.5) is 0 Å². The van der Waals surface area contributed by atoms with Gasteiger partial charge in [-0.1, -0.05) is 75.2 Å². The molecule has 0 heteroatoms. The van der Waals surface area contributed by atoms with Crippen LogP contribution in [-0.4, -0.2) is 0 Å². The Morgan fingerprint density at radius 3 is 1.37 bits per heavy atom. The molecule has 19 heavy (non-hydrogen) atoms. The van der Waals surface area contributed by atoms with Crippen molar-refractivity contribution < 1.29 is 0 Å². The third kappa shape index (κ3) is 5.88. The molecule has 0 radical (unpaired) electrons. The summed E-state index contributed by atoms with van der Waals surface area (Å²) in [6, 6.07) is 0. The van der Waals surface area contributed by atoms with E-state index in [0.717, 1.165) is 41.4 Å². The molecule has 0 aromatic rings. The van der Waals surface area contributed by atoms with Gasteiger partial charge in [0.2, 0.25) is 0 Å². The van der Waals surface area contributed by atoms with Crippen LogP contribution in [0.5, 0.6) is 0 Å². The lowest BCUT2D eigenvalue weighted by Gasteiger charge is -2.42. The summed E-state index contributed by atoms with van der Waals surface area (Å²) >= 11 is 0. The Balaban J connectivity index is 5.21. The monoisotopic (exact) mass is 268 g/mol. The van der Waals surface area contributed by atoms with Gasteiger partial charge in [-0.2, -0.15) is 0 Å². The molecule has 0 aliphatic rings. The summed E-state index contributed by atoms with van der Waals surface area (Å²) in [6.07, 6.45) is 4.07. The van der Waals surface area contributed by atoms with Crippen LogP contribution in [0.3, 0.4) is 0 Å². The lowest BCUT2D eigenvalue weighted by atomic mass is 9.63. The smallest absolute Gasteiger partial charge is 0.0329 e. The molecule has 0 bridgehead atoms. The van der Waals surface area contributed by atoms with Crippen LogP contribution < -0.4 is 0 Å². The van der Waals surface area contributed by atoms with Crippen molar-refractivity contribution in [2.24, 2.45) is 41.4 Å². The van der Waals surface area contributed by atoms with E-state index in [1.165, 1.54) is 19.3 Å². The van der Waals surface area contributed by atoms with Crippen molar-refractivity contribution in [3.63, 3.8) is 0 Å². The van der Waals surface area contributed by atoms with Crippen molar-refractivity contribution in [2.45, 2.75) is 81.6 Å². The summed E-state index contributed by atoms with van der Waals surface area (Å²) in [5.41, 5.74) is 0. The number of hydrogen-bond donors (Lipinski definition) is 0. The summed E-state index contributed by atoms with van der Waals surface area (Å²) in [5.74, 6) is 5.98. The molecule has 0 aromatic carbocycles. The third-order valence-electron chi connectivity index (χ3n) is 5.13. The van der Waals surface area contributed by atoms with Crippen molar-refractivity contribution in [1.82, 2.24) is 0 Å². The van der Waals surface area contributed by atoms with E-state index in [0.29, 0.717) is 0 Å². The zero-order valence-corrected chi connectivity index (χ0v) is 15.2. The molecular weight excluding hydrogens is 228 g/mol. The minimum absolute atomic E-state index is 0.809. The zero-order chi connectivity index (χ0) is 15.2. The molecular formula is C19H40. The van der Waals surface area contributed by atoms with E-state index >= 15 is 0 Å². The van der Waals surface area contributed by atoms with Crippen LogP contribution in [0.2, 0.25) is 0 Å². The molecule has 0 saturated heterocycles. The van der Waals surface area contributed by atoms with Crippen LogP contribution in [0.15, 0.2) is 0 Å². The molecule has 0 fully saturated rings. The van der Waals surface area contributed by atoms with Crippen LogP contribution in [-0.2, 0) is 0 Å². The van der Waals surface area contributed by atoms with E-state index in [4.69, 9.17) is 0 Å². The predicted octanol–water partition coefficient (Wildman–Crippen LogP) is 6.65. The predicted molar refractivity (Wildman–Crippen MR) is 89.3 cm³/mol. The highest BCUT2D eigenvalue weighted by Gasteiger charge is 2.35. The van der Waals surface area contributed by atoms with Gasteiger partial charge < -0.3 is 0 Å². The van der Waals surface area contributed by atoms with E-state index in [2.05, 4.69) is 62.3 Å². The second kappa shape index (κ2) is 9.03. The quantitative estimate of drug-likeness (QED) is 0.439. The fourth-order valence-corrected chi connectivity index (χ4v) is 4.26. The summed E-state index contributed by atoms with van der Waals surface area (Å²) in [7, 11) is 0. The molecule has 4 unspecified atom stereocenters. The summed E-state index contributed by atoms with van der Waals surface area (Å²) in [5, 5.41) is 0. The van der Waals surface area contributed by atoms with Crippen molar-refractivity contribution >= 4 is 0 Å². The second-order valence-electron chi connectivity index (χ2n) is 7.83. The fraction of sp³-hybridized carbons (Fsp3) is 1.00. The molecule has 0 aliphatic carbocycles. The molecule has 0 heterocycles. The topological polar surface area (TPSA) is 0 Å². The molecule has 0 saturated carbocycles. The van der Waals surface area contributed by atoms with Crippen molar-refractivity contribution in [3.8, 4) is 0 Å². The highest BCUT2D eigenvalue weighted by molar-refractivity contribution is 4.84. The van der Waals surface area contributed by atoms with Gasteiger partial charge in [-0.25, -0.2) is 0 Å². The SMILES string of the molecule is CCC(C)C(C(C)C)C(C(C)C)C(CC)CC(C)C. The minimum Gasteiger partial charge on any atom is -0.0651 e. The molecule has 0 aliphatic heterocycles. The molecule has 0 aromatic heterocycles. The second-order valence-corrected chi connectivity index (χ2v) is 7.83. The van der Waals surface area contributed by atoms with Crippen molar-refractivity contribution in [1.29, 1.82) is 0 Å². The Morgan fingerprint density at radius 2 is 1.11 bits per heavy atom. The number of hydrogen-bond acceptors (Lipinski definition) is 0. The maximum Gasteiger partial charge on any atom is -0.0329 e. The van der Waals surface area contributed by atoms with E-state index in [1.54, 1.807) is 0 Å². The van der Waals surface area contributed by atoms with E-state index < -0.39 is 0 Å². The van der Waals surface area contributed by atoms with Gasteiger partial charge in [0, 0.05) is 0 Å².